The normalized spacial score (nSPS) is 11.6. The van der Waals surface area contributed by atoms with Crippen molar-refractivity contribution in [3.8, 4) is 6.19 Å². The van der Waals surface area contributed by atoms with Gasteiger partial charge in [0.15, 0.2) is 11.4 Å². The van der Waals surface area contributed by atoms with Gasteiger partial charge in [0, 0.05) is 5.69 Å². The molecule has 23 heavy (non-hydrogen) atoms. The SMILES string of the molecule is CSC(=Nc1ccc(S(=O)(=O)Nc2ccccc2)cc1)NC#N. The van der Waals surface area contributed by atoms with Crippen molar-refractivity contribution in [1.82, 2.24) is 5.32 Å². The van der Waals surface area contributed by atoms with Crippen LogP contribution >= 0.6 is 11.8 Å². The number of sulfonamides is 1. The molecule has 0 atom stereocenters. The Bertz CT molecular complexity index is 826. The Kier molecular flexibility index (Phi) is 5.62. The number of para-hydroxylation sites is 1. The van der Waals surface area contributed by atoms with Crippen LogP contribution in [0, 0.1) is 11.5 Å². The topological polar surface area (TPSA) is 94.3 Å². The van der Waals surface area contributed by atoms with Gasteiger partial charge >= 0.3 is 0 Å². The number of anilines is 1. The van der Waals surface area contributed by atoms with Crippen LogP contribution in [0.25, 0.3) is 0 Å². The molecule has 0 amide bonds. The van der Waals surface area contributed by atoms with Crippen LogP contribution in [0.1, 0.15) is 0 Å². The highest BCUT2D eigenvalue weighted by molar-refractivity contribution is 8.13. The van der Waals surface area contributed by atoms with Crippen LogP contribution in [-0.2, 0) is 10.0 Å². The van der Waals surface area contributed by atoms with E-state index in [0.29, 0.717) is 16.5 Å². The maximum Gasteiger partial charge on any atom is 0.261 e. The first kappa shape index (κ1) is 16.9. The van der Waals surface area contributed by atoms with Crippen molar-refractivity contribution in [2.45, 2.75) is 4.90 Å². The quantitative estimate of drug-likeness (QED) is 0.384. The predicted molar refractivity (Wildman–Crippen MR) is 93.1 cm³/mol. The third-order valence-corrected chi connectivity index (χ3v) is 4.74. The van der Waals surface area contributed by atoms with E-state index in [9.17, 15) is 8.42 Å². The number of amidine groups is 1. The molecule has 0 aliphatic carbocycles. The highest BCUT2D eigenvalue weighted by Gasteiger charge is 2.13. The lowest BCUT2D eigenvalue weighted by Gasteiger charge is -2.08. The predicted octanol–water partition coefficient (Wildman–Crippen LogP) is 2.91. The van der Waals surface area contributed by atoms with Gasteiger partial charge in [-0.05, 0) is 42.7 Å². The molecule has 0 saturated heterocycles. The molecule has 0 aliphatic heterocycles. The summed E-state index contributed by atoms with van der Waals surface area (Å²) in [6.45, 7) is 0. The number of nitrogens with zero attached hydrogens (tertiary/aromatic N) is 2. The molecular formula is C15H14N4O2S2. The van der Waals surface area contributed by atoms with Gasteiger partial charge in [-0.25, -0.2) is 13.4 Å². The minimum absolute atomic E-state index is 0.138. The fourth-order valence-corrected chi connectivity index (χ4v) is 3.11. The third kappa shape index (κ3) is 4.74. The molecule has 2 aromatic carbocycles. The van der Waals surface area contributed by atoms with Crippen LogP contribution in [0.2, 0.25) is 0 Å². The summed E-state index contributed by atoms with van der Waals surface area (Å²) in [6, 6.07) is 14.8. The van der Waals surface area contributed by atoms with Crippen molar-refractivity contribution >= 4 is 38.3 Å². The second-order valence-electron chi connectivity index (χ2n) is 4.32. The summed E-state index contributed by atoms with van der Waals surface area (Å²) in [7, 11) is -3.65. The fraction of sp³-hybridized carbons (Fsp3) is 0.0667. The number of rotatable bonds is 4. The average molecular weight is 346 g/mol. The summed E-state index contributed by atoms with van der Waals surface area (Å²) in [5, 5.41) is 11.5. The van der Waals surface area contributed by atoms with Crippen molar-refractivity contribution in [3.05, 3.63) is 54.6 Å². The molecule has 0 aliphatic rings. The second-order valence-corrected chi connectivity index (χ2v) is 6.80. The molecule has 118 valence electrons. The maximum absolute atomic E-state index is 12.3. The van der Waals surface area contributed by atoms with Gasteiger partial charge in [-0.15, -0.1) is 0 Å². The van der Waals surface area contributed by atoms with Crippen molar-refractivity contribution in [1.29, 1.82) is 5.26 Å². The Morgan fingerprint density at radius 1 is 1.13 bits per heavy atom. The molecule has 0 unspecified atom stereocenters. The first-order valence-corrected chi connectivity index (χ1v) is 9.21. The molecule has 2 aromatic rings. The molecule has 0 saturated carbocycles. The van der Waals surface area contributed by atoms with E-state index in [1.807, 2.05) is 6.07 Å². The zero-order chi connectivity index (χ0) is 16.7. The van der Waals surface area contributed by atoms with Crippen molar-refractivity contribution in [2.24, 2.45) is 4.99 Å². The summed E-state index contributed by atoms with van der Waals surface area (Å²) in [5.74, 6) is 0. The van der Waals surface area contributed by atoms with E-state index in [4.69, 9.17) is 5.26 Å². The van der Waals surface area contributed by atoms with Crippen molar-refractivity contribution in [2.75, 3.05) is 11.0 Å². The van der Waals surface area contributed by atoms with E-state index in [-0.39, 0.29) is 4.90 Å². The van der Waals surface area contributed by atoms with Crippen LogP contribution in [0.5, 0.6) is 0 Å². The first-order valence-electron chi connectivity index (χ1n) is 6.51. The molecular weight excluding hydrogens is 332 g/mol. The van der Waals surface area contributed by atoms with Crippen LogP contribution in [0.15, 0.2) is 64.5 Å². The molecule has 8 heteroatoms. The monoisotopic (exact) mass is 346 g/mol. The number of nitriles is 1. The molecule has 0 aromatic heterocycles. The van der Waals surface area contributed by atoms with Crippen molar-refractivity contribution in [3.63, 3.8) is 0 Å². The van der Waals surface area contributed by atoms with Crippen LogP contribution in [0.4, 0.5) is 11.4 Å². The fourth-order valence-electron chi connectivity index (χ4n) is 1.71. The molecule has 0 radical (unpaired) electrons. The van der Waals surface area contributed by atoms with E-state index in [1.54, 1.807) is 48.8 Å². The average Bonchev–Trinajstić information content (AvgIpc) is 2.55. The zero-order valence-corrected chi connectivity index (χ0v) is 13.9. The van der Waals surface area contributed by atoms with Gasteiger partial charge in [0.25, 0.3) is 10.0 Å². The van der Waals surface area contributed by atoms with Crippen molar-refractivity contribution < 1.29 is 8.42 Å². The number of hydrogen-bond acceptors (Lipinski definition) is 5. The number of thioether (sulfide) groups is 1. The standard InChI is InChI=1S/C15H14N4O2S2/c1-22-15(17-11-16)18-12-7-9-14(10-8-12)23(20,21)19-13-5-3-2-4-6-13/h2-10,19H,1H3,(H,17,18). The lowest BCUT2D eigenvalue weighted by Crippen LogP contribution is -2.13. The Hall–Kier alpha value is -2.50. The highest BCUT2D eigenvalue weighted by Crippen LogP contribution is 2.20. The maximum atomic E-state index is 12.3. The van der Waals surface area contributed by atoms with E-state index >= 15 is 0 Å². The van der Waals surface area contributed by atoms with Gasteiger partial charge in [-0.3, -0.25) is 10.0 Å². The summed E-state index contributed by atoms with van der Waals surface area (Å²) >= 11 is 1.29. The largest absolute Gasteiger partial charge is 0.280 e. The zero-order valence-electron chi connectivity index (χ0n) is 12.2. The minimum atomic E-state index is -3.65. The molecule has 2 rings (SSSR count). The van der Waals surface area contributed by atoms with Crippen LogP contribution < -0.4 is 10.0 Å². The van der Waals surface area contributed by atoms with E-state index in [0.717, 1.165) is 0 Å². The smallest absolute Gasteiger partial charge is 0.261 e. The highest BCUT2D eigenvalue weighted by atomic mass is 32.2. The molecule has 0 heterocycles. The van der Waals surface area contributed by atoms with Gasteiger partial charge in [-0.2, -0.15) is 5.26 Å². The summed E-state index contributed by atoms with van der Waals surface area (Å²) in [6.07, 6.45) is 3.58. The van der Waals surface area contributed by atoms with Gasteiger partial charge in [0.2, 0.25) is 0 Å². The first-order chi connectivity index (χ1) is 11.0. The van der Waals surface area contributed by atoms with Gasteiger partial charge < -0.3 is 0 Å². The molecule has 0 fully saturated rings. The lowest BCUT2D eigenvalue weighted by atomic mass is 10.3. The van der Waals surface area contributed by atoms with Crippen LogP contribution in [-0.4, -0.2) is 19.8 Å². The van der Waals surface area contributed by atoms with E-state index in [2.05, 4.69) is 15.0 Å². The Morgan fingerprint density at radius 2 is 1.78 bits per heavy atom. The number of nitrogens with one attached hydrogen (secondary N) is 2. The summed E-state index contributed by atoms with van der Waals surface area (Å²) < 4.78 is 27.1. The Balaban J connectivity index is 2.20. The molecule has 2 N–H and O–H groups in total. The number of hydrogen-bond donors (Lipinski definition) is 2. The Labute approximate surface area is 139 Å². The molecule has 0 bridgehead atoms. The summed E-state index contributed by atoms with van der Waals surface area (Å²) in [5.41, 5.74) is 1.05. The Morgan fingerprint density at radius 3 is 2.35 bits per heavy atom. The number of aliphatic imine (C=N–C) groups is 1. The molecule has 0 spiro atoms. The minimum Gasteiger partial charge on any atom is -0.280 e. The third-order valence-electron chi connectivity index (χ3n) is 2.76. The second kappa shape index (κ2) is 7.67. The van der Waals surface area contributed by atoms with Gasteiger partial charge in [0.1, 0.15) is 0 Å². The van der Waals surface area contributed by atoms with Gasteiger partial charge in [-0.1, -0.05) is 30.0 Å². The van der Waals surface area contributed by atoms with E-state index < -0.39 is 10.0 Å². The van der Waals surface area contributed by atoms with Crippen LogP contribution in [0.3, 0.4) is 0 Å². The van der Waals surface area contributed by atoms with E-state index in [1.165, 1.54) is 23.9 Å². The van der Waals surface area contributed by atoms with Gasteiger partial charge in [0.05, 0.1) is 10.6 Å². The molecule has 6 nitrogen and oxygen atoms in total. The summed E-state index contributed by atoms with van der Waals surface area (Å²) in [4.78, 5) is 4.34. The lowest BCUT2D eigenvalue weighted by molar-refractivity contribution is 0.601. The number of benzene rings is 2.